The Bertz CT molecular complexity index is 987. The number of piperidine rings is 1. The smallest absolute Gasteiger partial charge is 0.410 e. The second-order valence-electron chi connectivity index (χ2n) is 8.51. The quantitative estimate of drug-likeness (QED) is 0.630. The highest BCUT2D eigenvalue weighted by Crippen LogP contribution is 2.31. The molecule has 1 aromatic carbocycles. The van der Waals surface area contributed by atoms with Gasteiger partial charge in [-0.25, -0.2) is 9.78 Å². The largest absolute Gasteiger partial charge is 0.436 e. The van der Waals surface area contributed by atoms with Gasteiger partial charge in [-0.3, -0.25) is 9.69 Å². The summed E-state index contributed by atoms with van der Waals surface area (Å²) in [5, 5.41) is 2.86. The number of hydrogen-bond acceptors (Lipinski definition) is 6. The van der Waals surface area contributed by atoms with Crippen LogP contribution in [0.1, 0.15) is 52.8 Å². The molecule has 2 fully saturated rings. The van der Waals surface area contributed by atoms with Crippen molar-refractivity contribution >= 4 is 23.3 Å². The Balaban J connectivity index is 1.28. The van der Waals surface area contributed by atoms with Gasteiger partial charge in [-0.15, -0.1) is 17.8 Å². The molecule has 1 atom stereocenters. The zero-order valence-corrected chi connectivity index (χ0v) is 19.8. The Labute approximate surface area is 199 Å². The van der Waals surface area contributed by atoms with Crippen molar-refractivity contribution in [1.29, 1.82) is 0 Å². The van der Waals surface area contributed by atoms with Crippen LogP contribution in [0.2, 0.25) is 0 Å². The molecule has 0 bridgehead atoms. The van der Waals surface area contributed by atoms with Crippen LogP contribution < -0.4 is 0 Å². The third kappa shape index (κ3) is 5.55. The first kappa shape index (κ1) is 23.3. The van der Waals surface area contributed by atoms with Crippen LogP contribution in [0.4, 0.5) is 4.79 Å². The van der Waals surface area contributed by atoms with Crippen molar-refractivity contribution in [2.24, 2.45) is 0 Å². The van der Waals surface area contributed by atoms with Gasteiger partial charge in [-0.2, -0.15) is 0 Å². The Kier molecular flexibility index (Phi) is 7.63. The van der Waals surface area contributed by atoms with Crippen LogP contribution in [0.3, 0.4) is 0 Å². The molecule has 1 aromatic heterocycles. The van der Waals surface area contributed by atoms with Crippen molar-refractivity contribution in [3.63, 3.8) is 0 Å². The zero-order chi connectivity index (χ0) is 23.2. The molecule has 2 aliphatic heterocycles. The number of likely N-dealkylation sites (tertiary alicyclic amines) is 1. The maximum Gasteiger partial charge on any atom is 0.410 e. The van der Waals surface area contributed by atoms with E-state index in [9.17, 15) is 9.59 Å². The van der Waals surface area contributed by atoms with Gasteiger partial charge in [0, 0.05) is 56.6 Å². The highest BCUT2D eigenvalue weighted by Gasteiger charge is 2.29. The van der Waals surface area contributed by atoms with E-state index in [1.807, 2.05) is 16.3 Å². The highest BCUT2D eigenvalue weighted by molar-refractivity contribution is 7.09. The van der Waals surface area contributed by atoms with Crippen LogP contribution in [0, 0.1) is 12.3 Å². The second kappa shape index (κ2) is 10.8. The Hall–Kier alpha value is -2.89. The van der Waals surface area contributed by atoms with E-state index in [4.69, 9.17) is 11.2 Å². The number of piperazine rings is 1. The van der Waals surface area contributed by atoms with Gasteiger partial charge in [0.15, 0.2) is 6.61 Å². The summed E-state index contributed by atoms with van der Waals surface area (Å²) in [6, 6.07) is 10.8. The van der Waals surface area contributed by atoms with Gasteiger partial charge in [-0.1, -0.05) is 36.3 Å². The van der Waals surface area contributed by atoms with Gasteiger partial charge in [0.1, 0.15) is 5.69 Å². The number of terminal acetylenes is 1. The summed E-state index contributed by atoms with van der Waals surface area (Å²) in [5.74, 6) is 2.59. The summed E-state index contributed by atoms with van der Waals surface area (Å²) in [5.41, 5.74) is 1.84. The van der Waals surface area contributed by atoms with E-state index in [2.05, 4.69) is 47.0 Å². The molecule has 2 amide bonds. The van der Waals surface area contributed by atoms with Gasteiger partial charge in [0.05, 0.1) is 5.01 Å². The molecule has 4 rings (SSSR count). The van der Waals surface area contributed by atoms with E-state index in [-0.39, 0.29) is 24.5 Å². The van der Waals surface area contributed by atoms with E-state index < -0.39 is 0 Å². The average Bonchev–Trinajstić information content (AvgIpc) is 3.37. The summed E-state index contributed by atoms with van der Waals surface area (Å²) >= 11 is 1.54. The molecular weight excluding hydrogens is 436 g/mol. The normalized spacial score (nSPS) is 18.5. The lowest BCUT2D eigenvalue weighted by atomic mass is 9.98. The number of ether oxygens (including phenoxy) is 1. The molecule has 2 aromatic rings. The molecule has 3 heterocycles. The standard InChI is InChI=1S/C25H30N4O3S/c1-3-17-32-25(31)29-11-9-21(10-12-29)23-26-22(18-33-23)24(30)28-15-13-27(14-16-28)19(2)20-7-5-4-6-8-20/h1,4-8,18-19,21H,9-17H2,2H3. The van der Waals surface area contributed by atoms with Gasteiger partial charge in [0.2, 0.25) is 0 Å². The van der Waals surface area contributed by atoms with Gasteiger partial charge in [0.25, 0.3) is 5.91 Å². The number of aromatic nitrogens is 1. The third-order valence-corrected chi connectivity index (χ3v) is 7.56. The molecule has 0 aliphatic carbocycles. The van der Waals surface area contributed by atoms with Gasteiger partial charge in [-0.05, 0) is 25.3 Å². The first-order valence-electron chi connectivity index (χ1n) is 11.5. The fourth-order valence-corrected chi connectivity index (χ4v) is 5.46. The van der Waals surface area contributed by atoms with E-state index >= 15 is 0 Å². The SMILES string of the molecule is C#CCOC(=O)N1CCC(c2nc(C(=O)N3CCN(C(C)c4ccccc4)CC3)cs2)CC1. The minimum atomic E-state index is -0.359. The van der Waals surface area contributed by atoms with Crippen LogP contribution in [0.15, 0.2) is 35.7 Å². The molecule has 0 spiro atoms. The van der Waals surface area contributed by atoms with Crippen LogP contribution in [-0.2, 0) is 4.74 Å². The number of carbonyl (C=O) groups excluding carboxylic acids is 2. The van der Waals surface area contributed by atoms with E-state index in [0.29, 0.717) is 37.9 Å². The number of amides is 2. The van der Waals surface area contributed by atoms with Gasteiger partial charge >= 0.3 is 6.09 Å². The van der Waals surface area contributed by atoms with Crippen LogP contribution in [-0.4, -0.2) is 77.6 Å². The highest BCUT2D eigenvalue weighted by atomic mass is 32.1. The monoisotopic (exact) mass is 466 g/mol. The molecule has 2 aliphatic rings. The van der Waals surface area contributed by atoms with Crippen molar-refractivity contribution in [3.8, 4) is 12.3 Å². The Morgan fingerprint density at radius 2 is 1.82 bits per heavy atom. The lowest BCUT2D eigenvalue weighted by Gasteiger charge is -2.38. The van der Waals surface area contributed by atoms with E-state index in [1.54, 1.807) is 16.2 Å². The summed E-state index contributed by atoms with van der Waals surface area (Å²) in [7, 11) is 0. The number of hydrogen-bond donors (Lipinski definition) is 0. The number of carbonyl (C=O) groups is 2. The molecular formula is C25H30N4O3S. The molecule has 0 N–H and O–H groups in total. The maximum atomic E-state index is 13.1. The van der Waals surface area contributed by atoms with Crippen molar-refractivity contribution in [2.75, 3.05) is 45.9 Å². The minimum Gasteiger partial charge on any atom is -0.436 e. The Morgan fingerprint density at radius 3 is 2.48 bits per heavy atom. The topological polar surface area (TPSA) is 66.0 Å². The molecule has 2 saturated heterocycles. The molecule has 33 heavy (non-hydrogen) atoms. The van der Waals surface area contributed by atoms with Crippen molar-refractivity contribution in [1.82, 2.24) is 19.7 Å². The number of nitrogens with zero attached hydrogens (tertiary/aromatic N) is 4. The molecule has 1 unspecified atom stereocenters. The van der Waals surface area contributed by atoms with Crippen LogP contribution >= 0.6 is 11.3 Å². The fourth-order valence-electron chi connectivity index (χ4n) is 4.49. The lowest BCUT2D eigenvalue weighted by molar-refractivity contribution is 0.0577. The van der Waals surface area contributed by atoms with Crippen LogP contribution in [0.25, 0.3) is 0 Å². The third-order valence-electron chi connectivity index (χ3n) is 6.55. The summed E-state index contributed by atoms with van der Waals surface area (Å²) in [6.07, 6.45) is 6.40. The van der Waals surface area contributed by atoms with Crippen LogP contribution in [0.5, 0.6) is 0 Å². The van der Waals surface area contributed by atoms with Crippen molar-refractivity contribution < 1.29 is 14.3 Å². The van der Waals surface area contributed by atoms with Crippen molar-refractivity contribution in [3.05, 3.63) is 52.0 Å². The first-order chi connectivity index (χ1) is 16.1. The van der Waals surface area contributed by atoms with E-state index in [1.165, 1.54) is 5.56 Å². The van der Waals surface area contributed by atoms with E-state index in [0.717, 1.165) is 30.9 Å². The van der Waals surface area contributed by atoms with Gasteiger partial charge < -0.3 is 14.5 Å². The fraction of sp³-hybridized carbons (Fsp3) is 0.480. The molecule has 7 nitrogen and oxygen atoms in total. The predicted octanol–water partition coefficient (Wildman–Crippen LogP) is 3.61. The number of rotatable bonds is 5. The number of benzene rings is 1. The summed E-state index contributed by atoms with van der Waals surface area (Å²) in [4.78, 5) is 35.7. The van der Waals surface area contributed by atoms with Crippen molar-refractivity contribution in [2.45, 2.75) is 31.7 Å². The average molecular weight is 467 g/mol. The minimum absolute atomic E-state index is 0.00383. The molecule has 8 heteroatoms. The zero-order valence-electron chi connectivity index (χ0n) is 19.0. The number of thiazole rings is 1. The maximum absolute atomic E-state index is 13.1. The molecule has 174 valence electrons. The molecule has 0 saturated carbocycles. The Morgan fingerprint density at radius 1 is 1.12 bits per heavy atom. The second-order valence-corrected chi connectivity index (χ2v) is 9.40. The lowest BCUT2D eigenvalue weighted by Crippen LogP contribution is -2.49. The first-order valence-corrected chi connectivity index (χ1v) is 12.3. The predicted molar refractivity (Wildman–Crippen MR) is 128 cm³/mol. The summed E-state index contributed by atoms with van der Waals surface area (Å²) in [6.45, 7) is 6.56. The molecule has 0 radical (unpaired) electrons. The summed E-state index contributed by atoms with van der Waals surface area (Å²) < 4.78 is 5.01.